The molecule has 0 saturated carbocycles. The van der Waals surface area contributed by atoms with Gasteiger partial charge in [0.2, 0.25) is 0 Å². The molecule has 5 heteroatoms. The van der Waals surface area contributed by atoms with Crippen molar-refractivity contribution in [1.82, 2.24) is 4.98 Å². The fourth-order valence-corrected chi connectivity index (χ4v) is 4.76. The Labute approximate surface area is 169 Å². The first-order valence-electron chi connectivity index (χ1n) is 9.87. The third-order valence-corrected chi connectivity index (χ3v) is 5.96. The molecule has 2 heterocycles. The van der Waals surface area contributed by atoms with E-state index in [0.717, 1.165) is 52.0 Å². The molecule has 2 aromatic carbocycles. The van der Waals surface area contributed by atoms with Crippen LogP contribution in [0.4, 0.5) is 4.39 Å². The molecule has 3 aromatic rings. The third-order valence-electron chi connectivity index (χ3n) is 5.96. The van der Waals surface area contributed by atoms with Crippen LogP contribution in [0.2, 0.25) is 0 Å². The Bertz CT molecular complexity index is 1140. The summed E-state index contributed by atoms with van der Waals surface area (Å²) < 4.78 is 19.1. The fraction of sp³-hybridized carbons (Fsp3) is 0.333. The normalized spacial score (nSPS) is 22.3. The van der Waals surface area contributed by atoms with Crippen LogP contribution in [0.15, 0.2) is 53.7 Å². The zero-order valence-corrected chi connectivity index (χ0v) is 16.8. The van der Waals surface area contributed by atoms with Gasteiger partial charge in [-0.15, -0.1) is 0 Å². The van der Waals surface area contributed by atoms with Crippen LogP contribution in [-0.4, -0.2) is 17.8 Å². The summed E-state index contributed by atoms with van der Waals surface area (Å²) >= 11 is 0. The van der Waals surface area contributed by atoms with Gasteiger partial charge in [-0.3, -0.25) is 4.98 Å². The highest BCUT2D eigenvalue weighted by molar-refractivity contribution is 6.02. The third kappa shape index (κ3) is 3.05. The summed E-state index contributed by atoms with van der Waals surface area (Å²) in [6, 6.07) is 14.7. The molecule has 1 spiro atoms. The highest BCUT2D eigenvalue weighted by Gasteiger charge is 2.50. The first kappa shape index (κ1) is 18.1. The van der Waals surface area contributed by atoms with Gasteiger partial charge in [-0.05, 0) is 65.9 Å². The Balaban J connectivity index is 1.58. The van der Waals surface area contributed by atoms with Crippen molar-refractivity contribution in [3.63, 3.8) is 0 Å². The molecule has 0 unspecified atom stereocenters. The molecule has 0 bridgehead atoms. The first-order valence-corrected chi connectivity index (χ1v) is 9.87. The number of rotatable bonds is 2. The van der Waals surface area contributed by atoms with E-state index >= 15 is 0 Å². The van der Waals surface area contributed by atoms with Crippen LogP contribution in [0.5, 0.6) is 5.75 Å². The monoisotopic (exact) mass is 390 g/mol. The van der Waals surface area contributed by atoms with Crippen molar-refractivity contribution in [1.29, 1.82) is 0 Å². The Morgan fingerprint density at radius 2 is 1.83 bits per heavy atom. The molecule has 29 heavy (non-hydrogen) atoms. The van der Waals surface area contributed by atoms with Crippen molar-refractivity contribution in [3.8, 4) is 5.75 Å². The lowest BCUT2D eigenvalue weighted by Crippen LogP contribution is -2.40. The molecule has 0 N–H and O–H groups in total. The Morgan fingerprint density at radius 3 is 2.59 bits per heavy atom. The summed E-state index contributed by atoms with van der Waals surface area (Å²) in [5, 5.41) is 5.27. The molecule has 2 aliphatic rings. The molecular weight excluding hydrogens is 367 g/mol. The number of benzene rings is 2. The lowest BCUT2D eigenvalue weighted by atomic mass is 9.66. The van der Waals surface area contributed by atoms with Crippen molar-refractivity contribution in [2.24, 2.45) is 10.6 Å². The molecule has 148 valence electrons. The minimum absolute atomic E-state index is 0.0264. The summed E-state index contributed by atoms with van der Waals surface area (Å²) in [5.74, 6) is 0.553. The zero-order valence-electron chi connectivity index (χ0n) is 16.8. The lowest BCUT2D eigenvalue weighted by Gasteiger charge is -2.41. The number of methoxy groups -OCH3 is 1. The van der Waals surface area contributed by atoms with E-state index < -0.39 is 5.60 Å². The van der Waals surface area contributed by atoms with Crippen LogP contribution in [0.1, 0.15) is 43.5 Å². The van der Waals surface area contributed by atoms with Crippen LogP contribution in [0.3, 0.4) is 0 Å². The first-order chi connectivity index (χ1) is 13.9. The van der Waals surface area contributed by atoms with E-state index in [1.807, 2.05) is 30.3 Å². The van der Waals surface area contributed by atoms with E-state index in [2.05, 4.69) is 19.0 Å². The highest BCUT2D eigenvalue weighted by atomic mass is 19.1. The van der Waals surface area contributed by atoms with Gasteiger partial charge in [0.25, 0.3) is 0 Å². The number of aromatic nitrogens is 1. The summed E-state index contributed by atoms with van der Waals surface area (Å²) in [6.07, 6.45) is 2.36. The van der Waals surface area contributed by atoms with Crippen molar-refractivity contribution >= 4 is 16.6 Å². The van der Waals surface area contributed by atoms with Gasteiger partial charge in [0.1, 0.15) is 11.6 Å². The van der Waals surface area contributed by atoms with E-state index in [0.29, 0.717) is 6.42 Å². The van der Waals surface area contributed by atoms with Gasteiger partial charge in [-0.1, -0.05) is 19.0 Å². The predicted octanol–water partition coefficient (Wildman–Crippen LogP) is 5.37. The predicted molar refractivity (Wildman–Crippen MR) is 111 cm³/mol. The van der Waals surface area contributed by atoms with E-state index in [4.69, 9.17) is 14.6 Å². The molecular formula is C24H23FN2O2. The SMILES string of the molecule is COc1ccc(C2=NO[C@]3(C2)CC(C)(C)Cc2nc4ccc(F)cc4cc23)cc1. The number of nitrogens with zero attached hydrogens (tertiary/aromatic N) is 2. The van der Waals surface area contributed by atoms with Crippen LogP contribution in [0, 0.1) is 11.2 Å². The summed E-state index contributed by atoms with van der Waals surface area (Å²) in [6.45, 7) is 4.48. The summed E-state index contributed by atoms with van der Waals surface area (Å²) in [4.78, 5) is 11.0. The minimum atomic E-state index is -0.570. The standard InChI is InChI=1S/C24H23FN2O2/c1-23(2)12-22-19(11-16-10-17(25)6-9-20(16)26-22)24(14-23)13-21(27-29-24)15-4-7-18(28-3)8-5-15/h4-11H,12-14H2,1-3H3/t24-/m1/s1. The van der Waals surface area contributed by atoms with E-state index in [9.17, 15) is 4.39 Å². The maximum atomic E-state index is 13.8. The van der Waals surface area contributed by atoms with E-state index in [-0.39, 0.29) is 11.2 Å². The van der Waals surface area contributed by atoms with Crippen molar-refractivity contribution in [2.75, 3.05) is 7.11 Å². The second kappa shape index (κ2) is 6.28. The molecule has 1 aromatic heterocycles. The van der Waals surface area contributed by atoms with Crippen molar-refractivity contribution in [2.45, 2.75) is 38.7 Å². The van der Waals surface area contributed by atoms with E-state index in [1.165, 1.54) is 12.1 Å². The number of fused-ring (bicyclic) bond motifs is 3. The number of hydrogen-bond donors (Lipinski definition) is 0. The lowest BCUT2D eigenvalue weighted by molar-refractivity contribution is -0.0631. The molecule has 0 radical (unpaired) electrons. The van der Waals surface area contributed by atoms with Gasteiger partial charge in [0.15, 0.2) is 5.60 Å². The molecule has 0 fully saturated rings. The Morgan fingerprint density at radius 1 is 1.03 bits per heavy atom. The molecule has 1 aliphatic heterocycles. The number of pyridine rings is 1. The summed E-state index contributed by atoms with van der Waals surface area (Å²) in [5.41, 5.74) is 4.25. The van der Waals surface area contributed by atoms with Gasteiger partial charge >= 0.3 is 0 Å². The molecule has 0 saturated heterocycles. The number of oxime groups is 1. The Hall–Kier alpha value is -2.95. The van der Waals surface area contributed by atoms with Gasteiger partial charge < -0.3 is 9.57 Å². The quantitative estimate of drug-likeness (QED) is 0.590. The van der Waals surface area contributed by atoms with Crippen molar-refractivity contribution in [3.05, 3.63) is 71.2 Å². The fourth-order valence-electron chi connectivity index (χ4n) is 4.76. The zero-order chi connectivity index (χ0) is 20.2. The Kier molecular flexibility index (Phi) is 3.92. The number of halogens is 1. The van der Waals surface area contributed by atoms with Crippen LogP contribution in [0.25, 0.3) is 10.9 Å². The average Bonchev–Trinajstić information content (AvgIpc) is 3.10. The minimum Gasteiger partial charge on any atom is -0.497 e. The maximum Gasteiger partial charge on any atom is 0.170 e. The second-order valence-electron chi connectivity index (χ2n) is 8.87. The van der Waals surface area contributed by atoms with Gasteiger partial charge in [-0.25, -0.2) is 4.39 Å². The molecule has 1 atom stereocenters. The van der Waals surface area contributed by atoms with Gasteiger partial charge in [-0.2, -0.15) is 0 Å². The van der Waals surface area contributed by atoms with Crippen LogP contribution in [-0.2, 0) is 16.9 Å². The highest BCUT2D eigenvalue weighted by Crippen LogP contribution is 2.51. The largest absolute Gasteiger partial charge is 0.497 e. The smallest absolute Gasteiger partial charge is 0.170 e. The molecule has 4 nitrogen and oxygen atoms in total. The molecule has 0 amide bonds. The number of hydrogen-bond acceptors (Lipinski definition) is 4. The van der Waals surface area contributed by atoms with Gasteiger partial charge in [0.05, 0.1) is 18.3 Å². The maximum absolute atomic E-state index is 13.8. The van der Waals surface area contributed by atoms with Gasteiger partial charge in [0, 0.05) is 29.5 Å². The topological polar surface area (TPSA) is 43.7 Å². The van der Waals surface area contributed by atoms with E-state index in [1.54, 1.807) is 13.2 Å². The van der Waals surface area contributed by atoms with Crippen LogP contribution < -0.4 is 4.74 Å². The number of ether oxygens (including phenoxy) is 1. The molecule has 1 aliphatic carbocycles. The van der Waals surface area contributed by atoms with Crippen molar-refractivity contribution < 1.29 is 14.0 Å². The summed E-state index contributed by atoms with van der Waals surface area (Å²) in [7, 11) is 1.65. The van der Waals surface area contributed by atoms with Crippen LogP contribution >= 0.6 is 0 Å². The second-order valence-corrected chi connectivity index (χ2v) is 8.87. The molecule has 5 rings (SSSR count). The average molecular weight is 390 g/mol.